The van der Waals surface area contributed by atoms with Gasteiger partial charge in [0.05, 0.1) is 21.6 Å². The first kappa shape index (κ1) is 29.7. The molecule has 3 N–H and O–H groups in total. The van der Waals surface area contributed by atoms with Gasteiger partial charge in [0.15, 0.2) is 0 Å². The second kappa shape index (κ2) is 12.6. The van der Waals surface area contributed by atoms with Crippen molar-refractivity contribution >= 4 is 40.5 Å². The van der Waals surface area contributed by atoms with Gasteiger partial charge in [0, 0.05) is 30.2 Å². The Labute approximate surface area is 249 Å². The van der Waals surface area contributed by atoms with Gasteiger partial charge < -0.3 is 20.0 Å². The van der Waals surface area contributed by atoms with Crippen molar-refractivity contribution < 1.29 is 27.2 Å². The van der Waals surface area contributed by atoms with Crippen LogP contribution in [0.2, 0.25) is 5.02 Å². The summed E-state index contributed by atoms with van der Waals surface area (Å²) in [6, 6.07) is 20.3. The van der Waals surface area contributed by atoms with Gasteiger partial charge in [0.1, 0.15) is 23.0 Å². The molecular weight excluding hydrogens is 581 g/mol. The summed E-state index contributed by atoms with van der Waals surface area (Å²) in [7, 11) is 0. The molecule has 2 heterocycles. The predicted octanol–water partition coefficient (Wildman–Crippen LogP) is 7.32. The molecule has 11 heteroatoms. The van der Waals surface area contributed by atoms with Gasteiger partial charge in [-0.05, 0) is 67.9 Å². The van der Waals surface area contributed by atoms with Crippen LogP contribution >= 0.6 is 11.6 Å². The minimum atomic E-state index is -4.56. The average Bonchev–Trinajstić information content (AvgIpc) is 3.61. The monoisotopic (exact) mass is 606 g/mol. The molecule has 0 atom stereocenters. The van der Waals surface area contributed by atoms with Gasteiger partial charge in [-0.3, -0.25) is 9.59 Å². The van der Waals surface area contributed by atoms with E-state index in [1.54, 1.807) is 24.3 Å². The summed E-state index contributed by atoms with van der Waals surface area (Å²) < 4.78 is 45.5. The first-order chi connectivity index (χ1) is 20.6. The average molecular weight is 607 g/mol. The molecule has 0 bridgehead atoms. The Kier molecular flexibility index (Phi) is 8.68. The minimum Gasteiger partial charge on any atom is -0.457 e. The summed E-state index contributed by atoms with van der Waals surface area (Å²) in [6.07, 6.45) is -2.09. The molecule has 5 rings (SSSR count). The van der Waals surface area contributed by atoms with E-state index in [9.17, 15) is 22.8 Å². The highest BCUT2D eigenvalue weighted by Gasteiger charge is 2.31. The number of hydrogen-bond donors (Lipinski definition) is 3. The minimum absolute atomic E-state index is 0.0384. The number of hydrogen-bond acceptors (Lipinski definition) is 4. The largest absolute Gasteiger partial charge is 0.457 e. The van der Waals surface area contributed by atoms with Crippen LogP contribution in [-0.2, 0) is 17.4 Å². The van der Waals surface area contributed by atoms with Gasteiger partial charge in [0.25, 0.3) is 11.8 Å². The van der Waals surface area contributed by atoms with Gasteiger partial charge in [-0.15, -0.1) is 0 Å². The van der Waals surface area contributed by atoms with Gasteiger partial charge in [-0.2, -0.15) is 13.2 Å². The molecular formula is C32H26ClF3N4O3. The molecule has 0 saturated carbocycles. The number of nitrogens with one attached hydrogen (secondary N) is 3. The van der Waals surface area contributed by atoms with Gasteiger partial charge in [0.2, 0.25) is 0 Å². The number of aromatic amines is 1. The quantitative estimate of drug-likeness (QED) is 0.121. The molecule has 5 aromatic rings. The molecule has 0 saturated heterocycles. The zero-order chi connectivity index (χ0) is 30.6. The fourth-order valence-corrected chi connectivity index (χ4v) is 4.55. The predicted molar refractivity (Wildman–Crippen MR) is 158 cm³/mol. The number of benzene rings is 3. The van der Waals surface area contributed by atoms with Crippen LogP contribution in [-0.4, -0.2) is 28.3 Å². The van der Waals surface area contributed by atoms with Crippen LogP contribution in [0.3, 0.4) is 0 Å². The van der Waals surface area contributed by atoms with Crippen molar-refractivity contribution in [3.63, 3.8) is 0 Å². The number of fused-ring (bicyclic) bond motifs is 1. The molecule has 220 valence electrons. The topological polar surface area (TPSA) is 100 Å². The molecule has 7 nitrogen and oxygen atoms in total. The number of imidazole rings is 1. The number of rotatable bonds is 9. The third-order valence-electron chi connectivity index (χ3n) is 6.59. The Bertz CT molecular complexity index is 1770. The van der Waals surface area contributed by atoms with Crippen LogP contribution in [0.1, 0.15) is 39.5 Å². The Morgan fingerprint density at radius 3 is 2.53 bits per heavy atom. The standard InChI is InChI=1S/C32H26ClF3N4O3/c1-19-8-10-20(11-9-19)30(41)40-27(31(42)37-16-4-7-29-38-25-5-2-3-6-26(25)39-29)18-22-13-15-28(43-22)23-17-21(32(34,35)36)12-14-24(23)33/h2-3,5-6,8-15,17-18H,4,7,16H2,1H3,(H,37,42)(H,38,39)(H,40,41). The number of aromatic nitrogens is 2. The molecule has 2 amide bonds. The molecule has 0 unspecified atom stereocenters. The fourth-order valence-electron chi connectivity index (χ4n) is 4.34. The number of halogens is 4. The van der Waals surface area contributed by atoms with Crippen molar-refractivity contribution in [1.82, 2.24) is 20.6 Å². The third kappa shape index (κ3) is 7.34. The molecule has 43 heavy (non-hydrogen) atoms. The summed E-state index contributed by atoms with van der Waals surface area (Å²) in [5.41, 5.74) is 2.14. The van der Waals surface area contributed by atoms with E-state index < -0.39 is 23.6 Å². The third-order valence-corrected chi connectivity index (χ3v) is 6.92. The van der Waals surface area contributed by atoms with Crippen molar-refractivity contribution in [2.24, 2.45) is 0 Å². The maximum absolute atomic E-state index is 13.3. The van der Waals surface area contributed by atoms with Crippen molar-refractivity contribution in [2.45, 2.75) is 25.9 Å². The van der Waals surface area contributed by atoms with Gasteiger partial charge >= 0.3 is 6.18 Å². The summed E-state index contributed by atoms with van der Waals surface area (Å²) in [6.45, 7) is 2.17. The lowest BCUT2D eigenvalue weighted by atomic mass is 10.1. The maximum Gasteiger partial charge on any atom is 0.416 e. The highest BCUT2D eigenvalue weighted by Crippen LogP contribution is 2.36. The second-order valence-electron chi connectivity index (χ2n) is 9.83. The molecule has 2 aromatic heterocycles. The van der Waals surface area contributed by atoms with Crippen LogP contribution < -0.4 is 10.6 Å². The summed E-state index contributed by atoms with van der Waals surface area (Å²) in [5, 5.41) is 5.48. The Balaban J connectivity index is 1.33. The lowest BCUT2D eigenvalue weighted by Gasteiger charge is -2.11. The SMILES string of the molecule is Cc1ccc(C(=O)NC(=Cc2ccc(-c3cc(C(F)(F)F)ccc3Cl)o2)C(=O)NCCCc2nc3ccccc3[nH]2)cc1. The van der Waals surface area contributed by atoms with Crippen LogP contribution in [0.5, 0.6) is 0 Å². The molecule has 0 fully saturated rings. The van der Waals surface area contributed by atoms with Crippen LogP contribution in [0.25, 0.3) is 28.4 Å². The summed E-state index contributed by atoms with van der Waals surface area (Å²) >= 11 is 6.16. The summed E-state index contributed by atoms with van der Waals surface area (Å²) in [5.74, 6) is -0.107. The van der Waals surface area contributed by atoms with E-state index in [4.69, 9.17) is 16.0 Å². The second-order valence-corrected chi connectivity index (χ2v) is 10.2. The molecule has 0 spiro atoms. The number of carbonyl (C=O) groups is 2. The van der Waals surface area contributed by atoms with E-state index in [0.717, 1.165) is 40.6 Å². The van der Waals surface area contributed by atoms with Crippen LogP contribution in [0.15, 0.2) is 89.0 Å². The number of carbonyl (C=O) groups excluding carboxylic acids is 2. The van der Waals surface area contributed by atoms with Crippen molar-refractivity contribution in [2.75, 3.05) is 6.54 Å². The van der Waals surface area contributed by atoms with E-state index >= 15 is 0 Å². The van der Waals surface area contributed by atoms with Gasteiger partial charge in [-0.1, -0.05) is 41.4 Å². The zero-order valence-corrected chi connectivity index (χ0v) is 23.6. The van der Waals surface area contributed by atoms with Crippen molar-refractivity contribution in [3.8, 4) is 11.3 Å². The first-order valence-electron chi connectivity index (χ1n) is 13.4. The molecule has 0 aliphatic heterocycles. The Morgan fingerprint density at radius 2 is 1.79 bits per heavy atom. The van der Waals surface area contributed by atoms with E-state index in [0.29, 0.717) is 18.4 Å². The normalized spacial score (nSPS) is 12.0. The van der Waals surface area contributed by atoms with Crippen molar-refractivity contribution in [3.05, 3.63) is 118 Å². The lowest BCUT2D eigenvalue weighted by molar-refractivity contribution is -0.137. The smallest absolute Gasteiger partial charge is 0.416 e. The number of H-pyrrole nitrogens is 1. The first-order valence-corrected chi connectivity index (χ1v) is 13.7. The van der Waals surface area contributed by atoms with Crippen LogP contribution in [0.4, 0.5) is 13.2 Å². The fraction of sp³-hybridized carbons (Fsp3) is 0.156. The number of aryl methyl sites for hydroxylation is 2. The van der Waals surface area contributed by atoms with Gasteiger partial charge in [-0.25, -0.2) is 4.98 Å². The molecule has 0 aliphatic carbocycles. The number of nitrogens with zero attached hydrogens (tertiary/aromatic N) is 1. The summed E-state index contributed by atoms with van der Waals surface area (Å²) in [4.78, 5) is 33.9. The number of amides is 2. The number of furan rings is 1. The number of para-hydroxylation sites is 2. The maximum atomic E-state index is 13.3. The lowest BCUT2D eigenvalue weighted by Crippen LogP contribution is -2.35. The van der Waals surface area contributed by atoms with E-state index in [1.165, 1.54) is 18.2 Å². The van der Waals surface area contributed by atoms with E-state index in [-0.39, 0.29) is 34.3 Å². The van der Waals surface area contributed by atoms with Crippen LogP contribution in [0, 0.1) is 6.92 Å². The van der Waals surface area contributed by atoms with E-state index in [1.807, 2.05) is 31.2 Å². The number of alkyl halides is 3. The highest BCUT2D eigenvalue weighted by atomic mass is 35.5. The van der Waals surface area contributed by atoms with E-state index in [2.05, 4.69) is 20.6 Å². The highest BCUT2D eigenvalue weighted by molar-refractivity contribution is 6.33. The molecule has 3 aromatic carbocycles. The zero-order valence-electron chi connectivity index (χ0n) is 22.9. The molecule has 0 aliphatic rings. The molecule has 0 radical (unpaired) electrons. The van der Waals surface area contributed by atoms with Crippen molar-refractivity contribution in [1.29, 1.82) is 0 Å². The Hall–Kier alpha value is -4.83. The Morgan fingerprint density at radius 1 is 1.02 bits per heavy atom.